The SMILES string of the molecule is c1cc(CN2CCCC(c3ccncc3)C2)ccn1. The molecule has 2 aromatic heterocycles. The molecular formula is C16H19N3. The molecular weight excluding hydrogens is 234 g/mol. The van der Waals surface area contributed by atoms with Gasteiger partial charge in [-0.05, 0) is 60.7 Å². The summed E-state index contributed by atoms with van der Waals surface area (Å²) in [6, 6.07) is 8.52. The number of piperidine rings is 1. The lowest BCUT2D eigenvalue weighted by molar-refractivity contribution is 0.200. The quantitative estimate of drug-likeness (QED) is 0.842. The van der Waals surface area contributed by atoms with E-state index < -0.39 is 0 Å². The van der Waals surface area contributed by atoms with E-state index in [0.29, 0.717) is 5.92 Å². The minimum Gasteiger partial charge on any atom is -0.298 e. The van der Waals surface area contributed by atoms with Gasteiger partial charge in [-0.25, -0.2) is 0 Å². The topological polar surface area (TPSA) is 29.0 Å². The van der Waals surface area contributed by atoms with Crippen molar-refractivity contribution < 1.29 is 0 Å². The third-order valence-corrected chi connectivity index (χ3v) is 3.84. The smallest absolute Gasteiger partial charge is 0.0271 e. The molecule has 0 radical (unpaired) electrons. The fourth-order valence-electron chi connectivity index (χ4n) is 2.85. The summed E-state index contributed by atoms with van der Waals surface area (Å²) in [7, 11) is 0. The van der Waals surface area contributed by atoms with Crippen molar-refractivity contribution in [3.63, 3.8) is 0 Å². The molecule has 1 aliphatic heterocycles. The highest BCUT2D eigenvalue weighted by Crippen LogP contribution is 2.27. The average Bonchev–Trinajstić information content (AvgIpc) is 2.49. The third kappa shape index (κ3) is 3.18. The number of likely N-dealkylation sites (tertiary alicyclic amines) is 1. The lowest BCUT2D eigenvalue weighted by Gasteiger charge is -2.33. The van der Waals surface area contributed by atoms with Crippen molar-refractivity contribution in [3.05, 3.63) is 60.2 Å². The van der Waals surface area contributed by atoms with Crippen LogP contribution in [0.2, 0.25) is 0 Å². The van der Waals surface area contributed by atoms with Gasteiger partial charge in [0.1, 0.15) is 0 Å². The fraction of sp³-hybridized carbons (Fsp3) is 0.375. The van der Waals surface area contributed by atoms with Gasteiger partial charge >= 0.3 is 0 Å². The zero-order valence-corrected chi connectivity index (χ0v) is 11.1. The van der Waals surface area contributed by atoms with Gasteiger partial charge < -0.3 is 0 Å². The molecule has 2 aromatic rings. The third-order valence-electron chi connectivity index (χ3n) is 3.84. The van der Waals surface area contributed by atoms with Crippen LogP contribution in [0.5, 0.6) is 0 Å². The lowest BCUT2D eigenvalue weighted by atomic mass is 9.91. The maximum absolute atomic E-state index is 4.11. The van der Waals surface area contributed by atoms with Gasteiger partial charge in [-0.3, -0.25) is 14.9 Å². The van der Waals surface area contributed by atoms with E-state index in [1.165, 1.54) is 30.5 Å². The first kappa shape index (κ1) is 12.3. The zero-order valence-electron chi connectivity index (χ0n) is 11.1. The summed E-state index contributed by atoms with van der Waals surface area (Å²) < 4.78 is 0. The molecule has 19 heavy (non-hydrogen) atoms. The molecule has 0 saturated carbocycles. The molecule has 3 heterocycles. The highest BCUT2D eigenvalue weighted by atomic mass is 15.1. The predicted octanol–water partition coefficient (Wildman–Crippen LogP) is 2.86. The molecule has 1 fully saturated rings. The van der Waals surface area contributed by atoms with Crippen molar-refractivity contribution >= 4 is 0 Å². The van der Waals surface area contributed by atoms with Gasteiger partial charge in [0, 0.05) is 37.9 Å². The maximum Gasteiger partial charge on any atom is 0.0271 e. The van der Waals surface area contributed by atoms with Gasteiger partial charge in [0.25, 0.3) is 0 Å². The van der Waals surface area contributed by atoms with Crippen LogP contribution >= 0.6 is 0 Å². The second-order valence-electron chi connectivity index (χ2n) is 5.21. The standard InChI is InChI=1S/C16H19N3/c1-2-16(15-5-9-18-10-6-15)13-19(11-1)12-14-3-7-17-8-4-14/h3-10,16H,1-2,11-13H2. The van der Waals surface area contributed by atoms with Crippen LogP contribution in [0.25, 0.3) is 0 Å². The Labute approximate surface area is 114 Å². The minimum absolute atomic E-state index is 0.651. The van der Waals surface area contributed by atoms with Crippen LogP contribution in [-0.4, -0.2) is 28.0 Å². The Morgan fingerprint density at radius 3 is 2.42 bits per heavy atom. The zero-order chi connectivity index (χ0) is 12.9. The first-order valence-corrected chi connectivity index (χ1v) is 6.93. The van der Waals surface area contributed by atoms with Crippen LogP contribution in [-0.2, 0) is 6.54 Å². The second-order valence-corrected chi connectivity index (χ2v) is 5.21. The van der Waals surface area contributed by atoms with Crippen molar-refractivity contribution in [2.75, 3.05) is 13.1 Å². The maximum atomic E-state index is 4.11. The van der Waals surface area contributed by atoms with Crippen molar-refractivity contribution in [2.45, 2.75) is 25.3 Å². The Morgan fingerprint density at radius 2 is 1.68 bits per heavy atom. The van der Waals surface area contributed by atoms with E-state index in [-0.39, 0.29) is 0 Å². The van der Waals surface area contributed by atoms with Gasteiger partial charge in [-0.2, -0.15) is 0 Å². The first-order valence-electron chi connectivity index (χ1n) is 6.93. The normalized spacial score (nSPS) is 20.3. The van der Waals surface area contributed by atoms with Crippen LogP contribution in [0.3, 0.4) is 0 Å². The fourth-order valence-corrected chi connectivity index (χ4v) is 2.85. The largest absolute Gasteiger partial charge is 0.298 e. The molecule has 1 atom stereocenters. The molecule has 3 rings (SSSR count). The van der Waals surface area contributed by atoms with Gasteiger partial charge in [0.2, 0.25) is 0 Å². The van der Waals surface area contributed by atoms with E-state index in [0.717, 1.165) is 13.1 Å². The molecule has 1 saturated heterocycles. The summed E-state index contributed by atoms with van der Waals surface area (Å²) in [4.78, 5) is 10.7. The molecule has 0 spiro atoms. The summed E-state index contributed by atoms with van der Waals surface area (Å²) in [5.41, 5.74) is 2.78. The van der Waals surface area contributed by atoms with E-state index in [9.17, 15) is 0 Å². The summed E-state index contributed by atoms with van der Waals surface area (Å²) in [5, 5.41) is 0. The van der Waals surface area contributed by atoms with Crippen LogP contribution in [0, 0.1) is 0 Å². The van der Waals surface area contributed by atoms with E-state index >= 15 is 0 Å². The van der Waals surface area contributed by atoms with Crippen molar-refractivity contribution in [1.29, 1.82) is 0 Å². The number of aromatic nitrogens is 2. The Hall–Kier alpha value is -1.74. The number of pyridine rings is 2. The van der Waals surface area contributed by atoms with Crippen LogP contribution in [0.4, 0.5) is 0 Å². The molecule has 0 N–H and O–H groups in total. The summed E-state index contributed by atoms with van der Waals surface area (Å²) >= 11 is 0. The predicted molar refractivity (Wildman–Crippen MR) is 75.7 cm³/mol. The molecule has 3 nitrogen and oxygen atoms in total. The minimum atomic E-state index is 0.651. The Bertz CT molecular complexity index is 498. The van der Waals surface area contributed by atoms with Gasteiger partial charge in [0.05, 0.1) is 0 Å². The monoisotopic (exact) mass is 253 g/mol. The molecule has 98 valence electrons. The van der Waals surface area contributed by atoms with Crippen LogP contribution in [0.1, 0.15) is 29.9 Å². The number of rotatable bonds is 3. The van der Waals surface area contributed by atoms with E-state index in [2.05, 4.69) is 39.1 Å². The van der Waals surface area contributed by atoms with E-state index in [1.807, 2.05) is 24.8 Å². The highest BCUT2D eigenvalue weighted by molar-refractivity contribution is 5.17. The van der Waals surface area contributed by atoms with Gasteiger partial charge in [-0.1, -0.05) is 0 Å². The lowest BCUT2D eigenvalue weighted by Crippen LogP contribution is -2.33. The Morgan fingerprint density at radius 1 is 1.00 bits per heavy atom. The van der Waals surface area contributed by atoms with Crippen LogP contribution < -0.4 is 0 Å². The van der Waals surface area contributed by atoms with Crippen molar-refractivity contribution in [2.24, 2.45) is 0 Å². The molecule has 0 amide bonds. The van der Waals surface area contributed by atoms with Crippen molar-refractivity contribution in [1.82, 2.24) is 14.9 Å². The molecule has 1 aliphatic rings. The number of nitrogens with zero attached hydrogens (tertiary/aromatic N) is 3. The van der Waals surface area contributed by atoms with Crippen LogP contribution in [0.15, 0.2) is 49.1 Å². The summed E-state index contributed by atoms with van der Waals surface area (Å²) in [6.45, 7) is 3.38. The first-order chi connectivity index (χ1) is 9.42. The molecule has 0 bridgehead atoms. The average molecular weight is 253 g/mol. The second kappa shape index (κ2) is 5.93. The number of hydrogen-bond donors (Lipinski definition) is 0. The molecule has 1 unspecified atom stereocenters. The molecule has 3 heteroatoms. The van der Waals surface area contributed by atoms with Gasteiger partial charge in [0.15, 0.2) is 0 Å². The van der Waals surface area contributed by atoms with E-state index in [4.69, 9.17) is 0 Å². The summed E-state index contributed by atoms with van der Waals surface area (Å²) in [5.74, 6) is 0.651. The number of hydrogen-bond acceptors (Lipinski definition) is 3. The van der Waals surface area contributed by atoms with Gasteiger partial charge in [-0.15, -0.1) is 0 Å². The van der Waals surface area contributed by atoms with E-state index in [1.54, 1.807) is 0 Å². The van der Waals surface area contributed by atoms with Crippen molar-refractivity contribution in [3.8, 4) is 0 Å². The Kier molecular flexibility index (Phi) is 3.84. The Balaban J connectivity index is 1.65. The summed E-state index contributed by atoms with van der Waals surface area (Å²) in [6.07, 6.45) is 10.1. The molecule has 0 aromatic carbocycles. The highest BCUT2D eigenvalue weighted by Gasteiger charge is 2.21. The molecule has 0 aliphatic carbocycles.